The van der Waals surface area contributed by atoms with Crippen LogP contribution in [0.25, 0.3) is 0 Å². The molecule has 1 aromatic carbocycles. The van der Waals surface area contributed by atoms with E-state index in [1.54, 1.807) is 25.3 Å². The number of ether oxygens (including phenoxy) is 1. The molecule has 1 N–H and O–H groups in total. The number of nitrogens with one attached hydrogen (secondary N) is 1. The van der Waals surface area contributed by atoms with Gasteiger partial charge in [0.1, 0.15) is 5.75 Å². The maximum atomic E-state index is 12.6. The van der Waals surface area contributed by atoms with Crippen molar-refractivity contribution in [2.75, 3.05) is 45.2 Å². The highest BCUT2D eigenvalue weighted by molar-refractivity contribution is 7.13. The number of likely N-dealkylation sites (N-methyl/N-ethyl adjacent to an activating group) is 1. The van der Waals surface area contributed by atoms with Gasteiger partial charge in [-0.1, -0.05) is 18.2 Å². The molecule has 1 fully saturated rings. The van der Waals surface area contributed by atoms with E-state index in [2.05, 4.69) is 21.3 Å². The summed E-state index contributed by atoms with van der Waals surface area (Å²) < 4.78 is 5.50. The summed E-state index contributed by atoms with van der Waals surface area (Å²) in [5.74, 6) is 0.906. The summed E-state index contributed by atoms with van der Waals surface area (Å²) in [6, 6.07) is 8.12. The van der Waals surface area contributed by atoms with Crippen LogP contribution in [0.15, 0.2) is 35.8 Å². The van der Waals surface area contributed by atoms with Crippen LogP contribution in [0, 0.1) is 0 Å². The van der Waals surface area contributed by atoms with Crippen molar-refractivity contribution in [3.05, 3.63) is 41.4 Å². The standard InChI is InChI=1S/C17H22N4O2S/c1-20(17-19-8-10-24-17)16(22)12-21-9-7-18-11-14(21)13-5-3-4-6-15(13)23-2/h3-6,8,10,14,18H,7,9,11-12H2,1-2H3. The molecule has 0 saturated carbocycles. The molecule has 1 saturated heterocycles. The predicted molar refractivity (Wildman–Crippen MR) is 95.7 cm³/mol. The van der Waals surface area contributed by atoms with Crippen molar-refractivity contribution in [3.8, 4) is 5.75 Å². The normalized spacial score (nSPS) is 18.3. The number of thiazole rings is 1. The number of benzene rings is 1. The summed E-state index contributed by atoms with van der Waals surface area (Å²) >= 11 is 1.47. The molecule has 0 spiro atoms. The average Bonchev–Trinajstić information content (AvgIpc) is 3.16. The van der Waals surface area contributed by atoms with Crippen LogP contribution in [0.2, 0.25) is 0 Å². The molecule has 2 aromatic rings. The van der Waals surface area contributed by atoms with Gasteiger partial charge in [-0.15, -0.1) is 11.3 Å². The fraction of sp³-hybridized carbons (Fsp3) is 0.412. The number of para-hydroxylation sites is 1. The quantitative estimate of drug-likeness (QED) is 0.894. The molecule has 1 aliphatic rings. The third-order valence-corrected chi connectivity index (χ3v) is 5.12. The van der Waals surface area contributed by atoms with Gasteiger partial charge < -0.3 is 10.1 Å². The first-order valence-electron chi connectivity index (χ1n) is 7.94. The van der Waals surface area contributed by atoms with Crippen LogP contribution in [0.4, 0.5) is 5.13 Å². The molecule has 1 amide bonds. The third kappa shape index (κ3) is 3.58. The second-order valence-corrected chi connectivity index (χ2v) is 6.57. The lowest BCUT2D eigenvalue weighted by atomic mass is 10.0. The minimum atomic E-state index is 0.0479. The molecule has 0 radical (unpaired) electrons. The van der Waals surface area contributed by atoms with Crippen molar-refractivity contribution in [1.29, 1.82) is 0 Å². The Hall–Kier alpha value is -1.96. The highest BCUT2D eigenvalue weighted by Gasteiger charge is 2.28. The summed E-state index contributed by atoms with van der Waals surface area (Å²) in [6.07, 6.45) is 1.71. The van der Waals surface area contributed by atoms with Crippen LogP contribution < -0.4 is 15.0 Å². The number of hydrogen-bond acceptors (Lipinski definition) is 6. The lowest BCUT2D eigenvalue weighted by molar-refractivity contribution is -0.120. The van der Waals surface area contributed by atoms with E-state index in [4.69, 9.17) is 4.74 Å². The topological polar surface area (TPSA) is 57.7 Å². The first-order valence-corrected chi connectivity index (χ1v) is 8.82. The number of hydrogen-bond donors (Lipinski definition) is 1. The van der Waals surface area contributed by atoms with Crippen molar-refractivity contribution in [3.63, 3.8) is 0 Å². The Morgan fingerprint density at radius 1 is 1.50 bits per heavy atom. The number of rotatable bonds is 5. The molecule has 6 nitrogen and oxygen atoms in total. The monoisotopic (exact) mass is 346 g/mol. The third-order valence-electron chi connectivity index (χ3n) is 4.27. The Bertz CT molecular complexity index is 677. The molecule has 1 aliphatic heterocycles. The molecule has 1 atom stereocenters. The SMILES string of the molecule is COc1ccccc1C1CNCCN1CC(=O)N(C)c1nccs1. The Morgan fingerprint density at radius 3 is 3.08 bits per heavy atom. The van der Waals surface area contributed by atoms with Gasteiger partial charge in [0.2, 0.25) is 5.91 Å². The van der Waals surface area contributed by atoms with Gasteiger partial charge in [-0.25, -0.2) is 4.98 Å². The number of piperazine rings is 1. The number of amides is 1. The lowest BCUT2D eigenvalue weighted by Gasteiger charge is -2.37. The van der Waals surface area contributed by atoms with Crippen LogP contribution in [0.3, 0.4) is 0 Å². The van der Waals surface area contributed by atoms with Crippen molar-refractivity contribution < 1.29 is 9.53 Å². The summed E-state index contributed by atoms with van der Waals surface area (Å²) in [5, 5.41) is 6.01. The molecule has 128 valence electrons. The molecule has 7 heteroatoms. The van der Waals surface area contributed by atoms with Gasteiger partial charge in [0.15, 0.2) is 5.13 Å². The second-order valence-electron chi connectivity index (χ2n) is 5.70. The van der Waals surface area contributed by atoms with Crippen molar-refractivity contribution in [1.82, 2.24) is 15.2 Å². The summed E-state index contributed by atoms with van der Waals surface area (Å²) in [7, 11) is 3.46. The Morgan fingerprint density at radius 2 is 2.33 bits per heavy atom. The lowest BCUT2D eigenvalue weighted by Crippen LogP contribution is -2.49. The fourth-order valence-electron chi connectivity index (χ4n) is 2.95. The number of carbonyl (C=O) groups excluding carboxylic acids is 1. The Labute approximate surface area is 146 Å². The van der Waals surface area contributed by atoms with E-state index >= 15 is 0 Å². The van der Waals surface area contributed by atoms with Gasteiger partial charge in [-0.2, -0.15) is 0 Å². The van der Waals surface area contributed by atoms with Crippen LogP contribution in [0.1, 0.15) is 11.6 Å². The average molecular weight is 346 g/mol. The zero-order valence-electron chi connectivity index (χ0n) is 13.9. The minimum Gasteiger partial charge on any atom is -0.496 e. The summed E-state index contributed by atoms with van der Waals surface area (Å²) in [4.78, 5) is 20.7. The maximum absolute atomic E-state index is 12.6. The first-order chi connectivity index (χ1) is 11.7. The van der Waals surface area contributed by atoms with E-state index in [1.807, 2.05) is 23.6 Å². The number of methoxy groups -OCH3 is 1. The Kier molecular flexibility index (Phi) is 5.44. The first kappa shape index (κ1) is 16.9. The molecule has 3 rings (SSSR count). The highest BCUT2D eigenvalue weighted by atomic mass is 32.1. The van der Waals surface area contributed by atoms with Crippen LogP contribution >= 0.6 is 11.3 Å². The number of aromatic nitrogens is 1. The number of nitrogens with zero attached hydrogens (tertiary/aromatic N) is 3. The van der Waals surface area contributed by atoms with E-state index in [0.717, 1.165) is 36.1 Å². The van der Waals surface area contributed by atoms with Crippen molar-refractivity contribution in [2.24, 2.45) is 0 Å². The van der Waals surface area contributed by atoms with E-state index < -0.39 is 0 Å². The number of carbonyl (C=O) groups is 1. The second kappa shape index (κ2) is 7.74. The minimum absolute atomic E-state index is 0.0479. The van der Waals surface area contributed by atoms with Crippen LogP contribution in [0.5, 0.6) is 5.75 Å². The van der Waals surface area contributed by atoms with Gasteiger partial charge in [-0.05, 0) is 6.07 Å². The molecule has 1 aromatic heterocycles. The van der Waals surface area contributed by atoms with E-state index in [9.17, 15) is 4.79 Å². The maximum Gasteiger partial charge on any atom is 0.242 e. The Balaban J connectivity index is 1.76. The van der Waals surface area contributed by atoms with Gasteiger partial charge >= 0.3 is 0 Å². The summed E-state index contributed by atoms with van der Waals surface area (Å²) in [6.45, 7) is 2.86. The van der Waals surface area contributed by atoms with Crippen LogP contribution in [-0.4, -0.2) is 56.1 Å². The fourth-order valence-corrected chi connectivity index (χ4v) is 3.58. The van der Waals surface area contributed by atoms with Crippen molar-refractivity contribution in [2.45, 2.75) is 6.04 Å². The van der Waals surface area contributed by atoms with E-state index in [-0.39, 0.29) is 11.9 Å². The van der Waals surface area contributed by atoms with Gasteiger partial charge in [0.05, 0.1) is 19.7 Å². The van der Waals surface area contributed by atoms with Gasteiger partial charge in [0.25, 0.3) is 0 Å². The molecule has 0 bridgehead atoms. The molecule has 24 heavy (non-hydrogen) atoms. The molecular formula is C17H22N4O2S. The van der Waals surface area contributed by atoms with Crippen LogP contribution in [-0.2, 0) is 4.79 Å². The summed E-state index contributed by atoms with van der Waals surface area (Å²) in [5.41, 5.74) is 1.11. The zero-order chi connectivity index (χ0) is 16.9. The smallest absolute Gasteiger partial charge is 0.242 e. The largest absolute Gasteiger partial charge is 0.496 e. The molecule has 0 aliphatic carbocycles. The van der Waals surface area contributed by atoms with E-state index in [1.165, 1.54) is 11.3 Å². The molecule has 1 unspecified atom stereocenters. The number of anilines is 1. The molecule has 2 heterocycles. The van der Waals surface area contributed by atoms with E-state index in [0.29, 0.717) is 6.54 Å². The highest BCUT2D eigenvalue weighted by Crippen LogP contribution is 2.30. The van der Waals surface area contributed by atoms with Gasteiger partial charge in [-0.3, -0.25) is 14.6 Å². The molecular weight excluding hydrogens is 324 g/mol. The van der Waals surface area contributed by atoms with Crippen molar-refractivity contribution >= 4 is 22.4 Å². The zero-order valence-corrected chi connectivity index (χ0v) is 14.8. The van der Waals surface area contributed by atoms with Gasteiger partial charge in [0, 0.05) is 43.8 Å². The predicted octanol–water partition coefficient (Wildman–Crippen LogP) is 1.76.